The summed E-state index contributed by atoms with van der Waals surface area (Å²) in [5.41, 5.74) is -0.687. The van der Waals surface area contributed by atoms with E-state index in [9.17, 15) is 19.5 Å². The maximum Gasteiger partial charge on any atom is 0.253 e. The van der Waals surface area contributed by atoms with Crippen molar-refractivity contribution >= 4 is 40.7 Å². The molecule has 2 aromatic carbocycles. The van der Waals surface area contributed by atoms with Crippen LogP contribution < -0.4 is 9.80 Å². The molecule has 5 atom stereocenters. The number of carbonyl (C=O) groups is 3. The number of anilines is 2. The van der Waals surface area contributed by atoms with Crippen LogP contribution in [0.2, 0.25) is 5.02 Å². The maximum absolute atomic E-state index is 14.7. The molecular weight excluding hydrogens is 566 g/mol. The van der Waals surface area contributed by atoms with Crippen LogP contribution >= 0.6 is 11.6 Å². The Balaban J connectivity index is 1.60. The number of carbonyl (C=O) groups excluding carboxylic acids is 3. The Morgan fingerprint density at radius 3 is 2.23 bits per heavy atom. The van der Waals surface area contributed by atoms with Crippen LogP contribution in [0, 0.1) is 11.8 Å². The van der Waals surface area contributed by atoms with E-state index in [-0.39, 0.29) is 44.0 Å². The second-order valence-corrected chi connectivity index (χ2v) is 12.0. The number of rotatable bonds is 13. The van der Waals surface area contributed by atoms with Crippen LogP contribution in [0.1, 0.15) is 39.0 Å². The highest BCUT2D eigenvalue weighted by molar-refractivity contribution is 6.30. The van der Waals surface area contributed by atoms with Gasteiger partial charge in [-0.1, -0.05) is 48.9 Å². The van der Waals surface area contributed by atoms with Crippen molar-refractivity contribution in [2.75, 3.05) is 36.0 Å². The zero-order chi connectivity index (χ0) is 30.8. The molecule has 1 N–H and O–H groups in total. The maximum atomic E-state index is 14.7. The zero-order valence-corrected chi connectivity index (χ0v) is 25.4. The van der Waals surface area contributed by atoms with E-state index in [2.05, 4.69) is 13.2 Å². The summed E-state index contributed by atoms with van der Waals surface area (Å²) < 4.78 is 6.96. The number of likely N-dealkylation sites (tertiary alicyclic amines) is 1. The Labute approximate surface area is 258 Å². The summed E-state index contributed by atoms with van der Waals surface area (Å²) in [6.07, 6.45) is 5.91. The minimum Gasteiger partial charge on any atom is -0.396 e. The average Bonchev–Trinajstić information content (AvgIpc) is 3.63. The van der Waals surface area contributed by atoms with Gasteiger partial charge in [0.25, 0.3) is 5.91 Å². The van der Waals surface area contributed by atoms with Gasteiger partial charge in [0, 0.05) is 42.6 Å². The number of hydrogen-bond acceptors (Lipinski definition) is 5. The van der Waals surface area contributed by atoms with Gasteiger partial charge in [-0.3, -0.25) is 14.4 Å². The number of para-hydroxylation sites is 1. The number of benzene rings is 2. The van der Waals surface area contributed by atoms with Gasteiger partial charge in [0.15, 0.2) is 0 Å². The van der Waals surface area contributed by atoms with Crippen molar-refractivity contribution in [1.82, 2.24) is 4.90 Å². The summed E-state index contributed by atoms with van der Waals surface area (Å²) in [5, 5.41) is 10.0. The summed E-state index contributed by atoms with van der Waals surface area (Å²) in [4.78, 5) is 48.7. The minimum absolute atomic E-state index is 0.0211. The average molecular weight is 606 g/mol. The Morgan fingerprint density at radius 1 is 1.00 bits per heavy atom. The van der Waals surface area contributed by atoms with Gasteiger partial charge in [0.05, 0.1) is 17.4 Å². The van der Waals surface area contributed by atoms with Gasteiger partial charge >= 0.3 is 0 Å². The third kappa shape index (κ3) is 5.19. The van der Waals surface area contributed by atoms with Crippen molar-refractivity contribution < 1.29 is 24.2 Å². The first-order valence-electron chi connectivity index (χ1n) is 15.0. The summed E-state index contributed by atoms with van der Waals surface area (Å²) in [5.74, 6) is -2.31. The van der Waals surface area contributed by atoms with Crippen molar-refractivity contribution in [1.29, 1.82) is 0 Å². The molecule has 8 nitrogen and oxygen atoms in total. The highest BCUT2D eigenvalue weighted by Gasteiger charge is 2.79. The predicted molar refractivity (Wildman–Crippen MR) is 168 cm³/mol. The number of amides is 3. The van der Waals surface area contributed by atoms with Gasteiger partial charge in [-0.2, -0.15) is 0 Å². The third-order valence-electron chi connectivity index (χ3n) is 9.35. The zero-order valence-electron chi connectivity index (χ0n) is 24.7. The lowest BCUT2D eigenvalue weighted by molar-refractivity contribution is -0.146. The fourth-order valence-corrected chi connectivity index (χ4v) is 7.58. The highest BCUT2D eigenvalue weighted by Crippen LogP contribution is 2.64. The van der Waals surface area contributed by atoms with Crippen LogP contribution in [0.15, 0.2) is 79.9 Å². The van der Waals surface area contributed by atoms with E-state index in [1.54, 1.807) is 51.1 Å². The monoisotopic (exact) mass is 605 g/mol. The molecule has 9 heteroatoms. The first-order valence-corrected chi connectivity index (χ1v) is 15.4. The number of halogens is 1. The van der Waals surface area contributed by atoms with Crippen LogP contribution in [0.3, 0.4) is 0 Å². The molecule has 3 saturated heterocycles. The standard InChI is InChI=1S/C34H40ClN3O5/c1-4-20-36(25-12-8-7-9-13-25)30(40)27-28-31(41)38(22-10-11-23-39)29(34(28)19-18-33(27,6-3)43-34)32(42)37(21-5-2)26-16-14-24(35)15-17-26/h4-5,7-9,12-17,27-29,39H,1-2,6,10-11,18-23H2,3H3/t27-,28-,29?,33+,34?/m0/s1. The molecule has 1 spiro atoms. The molecule has 43 heavy (non-hydrogen) atoms. The number of unbranched alkanes of at least 4 members (excludes halogenated alkanes) is 1. The lowest BCUT2D eigenvalue weighted by Gasteiger charge is -2.37. The second-order valence-electron chi connectivity index (χ2n) is 11.6. The van der Waals surface area contributed by atoms with Crippen molar-refractivity contribution in [3.63, 3.8) is 0 Å². The predicted octanol–water partition coefficient (Wildman–Crippen LogP) is 5.01. The van der Waals surface area contributed by atoms with Crippen molar-refractivity contribution in [3.05, 3.63) is 84.9 Å². The molecule has 3 heterocycles. The first kappa shape index (κ1) is 31.0. The third-order valence-corrected chi connectivity index (χ3v) is 9.60. The summed E-state index contributed by atoms with van der Waals surface area (Å²) in [6, 6.07) is 15.4. The van der Waals surface area contributed by atoms with E-state index in [0.717, 1.165) is 0 Å². The summed E-state index contributed by atoms with van der Waals surface area (Å²) >= 11 is 6.15. The van der Waals surface area contributed by atoms with Crippen LogP contribution in [-0.2, 0) is 19.1 Å². The fraction of sp³-hybridized carbons (Fsp3) is 0.441. The molecule has 2 aromatic rings. The van der Waals surface area contributed by atoms with Gasteiger partial charge in [-0.15, -0.1) is 13.2 Å². The molecule has 0 radical (unpaired) electrons. The second kappa shape index (κ2) is 12.6. The molecule has 2 unspecified atom stereocenters. The van der Waals surface area contributed by atoms with Crippen LogP contribution in [-0.4, -0.2) is 71.2 Å². The largest absolute Gasteiger partial charge is 0.396 e. The Morgan fingerprint density at radius 2 is 1.63 bits per heavy atom. The van der Waals surface area contributed by atoms with Gasteiger partial charge in [-0.05, 0) is 68.5 Å². The molecule has 0 saturated carbocycles. The number of ether oxygens (including phenoxy) is 1. The normalized spacial score (nSPS) is 27.2. The van der Waals surface area contributed by atoms with Gasteiger partial charge < -0.3 is 24.5 Å². The highest BCUT2D eigenvalue weighted by atomic mass is 35.5. The number of aliphatic hydroxyl groups excluding tert-OH is 1. The molecule has 3 aliphatic heterocycles. The van der Waals surface area contributed by atoms with Crippen LogP contribution in [0.4, 0.5) is 11.4 Å². The number of fused-ring (bicyclic) bond motifs is 1. The molecule has 5 rings (SSSR count). The Bertz CT molecular complexity index is 1370. The molecule has 228 valence electrons. The minimum atomic E-state index is -1.16. The van der Waals surface area contributed by atoms with E-state index >= 15 is 0 Å². The molecular formula is C34H40ClN3O5. The van der Waals surface area contributed by atoms with E-state index < -0.39 is 29.1 Å². The number of nitrogens with zero attached hydrogens (tertiary/aromatic N) is 3. The summed E-state index contributed by atoms with van der Waals surface area (Å²) in [7, 11) is 0. The van der Waals surface area contributed by atoms with Crippen molar-refractivity contribution in [3.8, 4) is 0 Å². The van der Waals surface area contributed by atoms with Gasteiger partial charge in [-0.25, -0.2) is 0 Å². The molecule has 3 amide bonds. The van der Waals surface area contributed by atoms with Crippen LogP contribution in [0.5, 0.6) is 0 Å². The Hall–Kier alpha value is -3.46. The lowest BCUT2D eigenvalue weighted by Crippen LogP contribution is -2.56. The van der Waals surface area contributed by atoms with Gasteiger partial charge in [0.1, 0.15) is 11.6 Å². The van der Waals surface area contributed by atoms with Crippen LogP contribution in [0.25, 0.3) is 0 Å². The van der Waals surface area contributed by atoms with Gasteiger partial charge in [0.2, 0.25) is 11.8 Å². The smallest absolute Gasteiger partial charge is 0.253 e. The molecule has 0 aromatic heterocycles. The number of aliphatic hydroxyl groups is 1. The van der Waals surface area contributed by atoms with E-state index in [1.165, 1.54) is 0 Å². The quantitative estimate of drug-likeness (QED) is 0.256. The van der Waals surface area contributed by atoms with E-state index in [0.29, 0.717) is 48.5 Å². The van der Waals surface area contributed by atoms with Crippen molar-refractivity contribution in [2.24, 2.45) is 11.8 Å². The van der Waals surface area contributed by atoms with E-state index in [4.69, 9.17) is 16.3 Å². The van der Waals surface area contributed by atoms with E-state index in [1.807, 2.05) is 37.3 Å². The van der Waals surface area contributed by atoms with Crippen molar-refractivity contribution in [2.45, 2.75) is 56.3 Å². The fourth-order valence-electron chi connectivity index (χ4n) is 7.46. The molecule has 2 bridgehead atoms. The summed E-state index contributed by atoms with van der Waals surface area (Å²) in [6.45, 7) is 10.5. The Kier molecular flexibility index (Phi) is 9.11. The topological polar surface area (TPSA) is 90.4 Å². The molecule has 0 aliphatic carbocycles. The lowest BCUT2D eigenvalue weighted by atomic mass is 9.64. The first-order chi connectivity index (χ1) is 20.8. The number of hydrogen-bond donors (Lipinski definition) is 1. The SMILES string of the molecule is C=CCN(C(=O)C1N(CCCCO)C(=O)[C@@H]2[C@@H](C(=O)N(CC=C)c3ccccc3)[C@@]3(CC)CCC12O3)c1ccc(Cl)cc1. The molecule has 3 fully saturated rings. The molecule has 3 aliphatic rings.